The van der Waals surface area contributed by atoms with Crippen LogP contribution in [0.5, 0.6) is 5.75 Å². The molecule has 1 aliphatic heterocycles. The Balaban J connectivity index is 1.23. The monoisotopic (exact) mass is 480 g/mol. The van der Waals surface area contributed by atoms with Gasteiger partial charge < -0.3 is 15.0 Å². The lowest BCUT2D eigenvalue weighted by Gasteiger charge is -2.34. The van der Waals surface area contributed by atoms with Crippen molar-refractivity contribution >= 4 is 11.8 Å². The Morgan fingerprint density at radius 1 is 1.14 bits per heavy atom. The molecule has 2 fully saturated rings. The predicted octanol–water partition coefficient (Wildman–Crippen LogP) is 6.00. The normalized spacial score (nSPS) is 25.9. The van der Waals surface area contributed by atoms with E-state index in [-0.39, 0.29) is 17.9 Å². The zero-order valence-electron chi connectivity index (χ0n) is 21.9. The van der Waals surface area contributed by atoms with Crippen LogP contribution in [0.15, 0.2) is 36.4 Å². The van der Waals surface area contributed by atoms with Gasteiger partial charge in [0.1, 0.15) is 11.9 Å². The third-order valence-corrected chi connectivity index (χ3v) is 8.55. The lowest BCUT2D eigenvalue weighted by Crippen LogP contribution is -2.44. The molecule has 3 aliphatic rings. The average molecular weight is 481 g/mol. The number of carbonyl (C=O) groups is 2. The molecule has 3 atom stereocenters. The first-order valence-corrected chi connectivity index (χ1v) is 13.9. The molecule has 2 amide bonds. The molecule has 2 aliphatic carbocycles. The number of allylic oxidation sites excluding steroid dienone is 2. The molecule has 1 aromatic carbocycles. The quantitative estimate of drug-likeness (QED) is 0.396. The molecule has 4 rings (SSSR count). The van der Waals surface area contributed by atoms with Crippen molar-refractivity contribution in [2.75, 3.05) is 19.6 Å². The summed E-state index contributed by atoms with van der Waals surface area (Å²) in [6, 6.07) is 7.53. The topological polar surface area (TPSA) is 58.6 Å². The van der Waals surface area contributed by atoms with Gasteiger partial charge in [-0.25, -0.2) is 0 Å². The molecule has 3 unspecified atom stereocenters. The van der Waals surface area contributed by atoms with Crippen molar-refractivity contribution in [3.05, 3.63) is 42.0 Å². The highest BCUT2D eigenvalue weighted by molar-refractivity contribution is 5.94. The lowest BCUT2D eigenvalue weighted by molar-refractivity contribution is -0.137. The predicted molar refractivity (Wildman–Crippen MR) is 140 cm³/mol. The Morgan fingerprint density at radius 3 is 2.51 bits per heavy atom. The van der Waals surface area contributed by atoms with E-state index in [0.29, 0.717) is 29.3 Å². The van der Waals surface area contributed by atoms with Gasteiger partial charge in [-0.3, -0.25) is 9.59 Å². The number of amides is 2. The first-order valence-electron chi connectivity index (χ1n) is 13.9. The van der Waals surface area contributed by atoms with Gasteiger partial charge in [0.25, 0.3) is 5.91 Å². The van der Waals surface area contributed by atoms with E-state index in [4.69, 9.17) is 4.74 Å². The second kappa shape index (κ2) is 11.6. The van der Waals surface area contributed by atoms with Gasteiger partial charge in [-0.05, 0) is 67.6 Å². The van der Waals surface area contributed by atoms with Gasteiger partial charge in [0.05, 0.1) is 0 Å². The van der Waals surface area contributed by atoms with Crippen molar-refractivity contribution in [1.82, 2.24) is 10.2 Å². The Bertz CT molecular complexity index is 899. The van der Waals surface area contributed by atoms with E-state index >= 15 is 0 Å². The fraction of sp³-hybridized carbons (Fsp3) is 0.667. The molecule has 2 bridgehead atoms. The highest BCUT2D eigenvalue weighted by Crippen LogP contribution is 2.53. The summed E-state index contributed by atoms with van der Waals surface area (Å²) in [7, 11) is 0. The van der Waals surface area contributed by atoms with E-state index in [1.165, 1.54) is 12.8 Å². The highest BCUT2D eigenvalue weighted by Gasteiger charge is 2.44. The van der Waals surface area contributed by atoms with Gasteiger partial charge >= 0.3 is 0 Å². The molecule has 1 saturated heterocycles. The van der Waals surface area contributed by atoms with E-state index in [9.17, 15) is 9.59 Å². The number of likely N-dealkylation sites (tertiary alicyclic amines) is 1. The molecule has 0 radical (unpaired) electrons. The third-order valence-electron chi connectivity index (χ3n) is 8.55. The van der Waals surface area contributed by atoms with E-state index in [1.54, 1.807) is 0 Å². The second-order valence-electron chi connectivity index (χ2n) is 11.3. The summed E-state index contributed by atoms with van der Waals surface area (Å²) in [4.78, 5) is 27.8. The Labute approximate surface area is 211 Å². The van der Waals surface area contributed by atoms with Crippen LogP contribution in [0.1, 0.15) is 88.9 Å². The van der Waals surface area contributed by atoms with Gasteiger partial charge in [0, 0.05) is 44.0 Å². The standard InChI is InChI=1S/C30H44N2O3/c1-4-7-23(8-5-2)29(34)32-17-13-26(14-18-32)35-27-10-6-9-24(20-27)28(33)31-16-15-30(3)21-22-11-12-25(30)19-22/h6,9-12,20,22-23,25-26H,4-5,7-8,13-19,21H2,1-3H3,(H,31,33). The second-order valence-corrected chi connectivity index (χ2v) is 11.3. The molecule has 0 spiro atoms. The molecule has 5 nitrogen and oxygen atoms in total. The number of fused-ring (bicyclic) bond motifs is 2. The molecule has 5 heteroatoms. The number of carbonyl (C=O) groups excluding carboxylic acids is 2. The zero-order chi connectivity index (χ0) is 24.8. The Kier molecular flexibility index (Phi) is 8.56. The third kappa shape index (κ3) is 6.29. The minimum absolute atomic E-state index is 0.0314. The maximum absolute atomic E-state index is 12.9. The van der Waals surface area contributed by atoms with Crippen molar-refractivity contribution in [2.24, 2.45) is 23.2 Å². The number of nitrogens with zero attached hydrogens (tertiary/aromatic N) is 1. The minimum Gasteiger partial charge on any atom is -0.490 e. The Morgan fingerprint density at radius 2 is 1.89 bits per heavy atom. The van der Waals surface area contributed by atoms with Crippen LogP contribution < -0.4 is 10.1 Å². The number of hydrogen-bond acceptors (Lipinski definition) is 3. The number of hydrogen-bond donors (Lipinski definition) is 1. The van der Waals surface area contributed by atoms with Crippen molar-refractivity contribution in [1.29, 1.82) is 0 Å². The van der Waals surface area contributed by atoms with Gasteiger partial charge in [-0.2, -0.15) is 0 Å². The molecule has 1 saturated carbocycles. The Hall–Kier alpha value is -2.30. The number of benzene rings is 1. The molecule has 0 aromatic heterocycles. The molecule has 1 N–H and O–H groups in total. The minimum atomic E-state index is -0.0314. The van der Waals surface area contributed by atoms with Crippen LogP contribution in [-0.2, 0) is 4.79 Å². The summed E-state index contributed by atoms with van der Waals surface area (Å²) in [6.45, 7) is 8.89. The van der Waals surface area contributed by atoms with Gasteiger partial charge in [-0.1, -0.05) is 51.8 Å². The van der Waals surface area contributed by atoms with Crippen molar-refractivity contribution in [3.63, 3.8) is 0 Å². The summed E-state index contributed by atoms with van der Waals surface area (Å²) < 4.78 is 6.24. The first-order chi connectivity index (χ1) is 16.9. The zero-order valence-corrected chi connectivity index (χ0v) is 21.9. The fourth-order valence-electron chi connectivity index (χ4n) is 6.49. The lowest BCUT2D eigenvalue weighted by atomic mass is 9.75. The first kappa shape index (κ1) is 25.8. The van der Waals surface area contributed by atoms with Crippen LogP contribution in [0.25, 0.3) is 0 Å². The van der Waals surface area contributed by atoms with Crippen LogP contribution in [0.3, 0.4) is 0 Å². The maximum Gasteiger partial charge on any atom is 0.251 e. The van der Waals surface area contributed by atoms with Crippen LogP contribution in [0.2, 0.25) is 0 Å². The largest absolute Gasteiger partial charge is 0.490 e. The number of rotatable bonds is 11. The molecule has 1 aromatic rings. The maximum atomic E-state index is 12.9. The van der Waals surface area contributed by atoms with Gasteiger partial charge in [0.15, 0.2) is 0 Å². The molecular formula is C30H44N2O3. The van der Waals surface area contributed by atoms with Crippen LogP contribution in [-0.4, -0.2) is 42.5 Å². The van der Waals surface area contributed by atoms with Crippen molar-refractivity contribution in [3.8, 4) is 5.75 Å². The number of nitrogens with one attached hydrogen (secondary N) is 1. The van der Waals surface area contributed by atoms with Crippen molar-refractivity contribution in [2.45, 2.75) is 84.7 Å². The van der Waals surface area contributed by atoms with Crippen LogP contribution in [0.4, 0.5) is 0 Å². The smallest absolute Gasteiger partial charge is 0.251 e. The van der Waals surface area contributed by atoms with Crippen molar-refractivity contribution < 1.29 is 14.3 Å². The van der Waals surface area contributed by atoms with Crippen LogP contribution in [0, 0.1) is 23.2 Å². The number of piperidine rings is 1. The van der Waals surface area contributed by atoms with Gasteiger partial charge in [-0.15, -0.1) is 0 Å². The molecule has 1 heterocycles. The summed E-state index contributed by atoms with van der Waals surface area (Å²) in [5.41, 5.74) is 0.969. The molecule has 35 heavy (non-hydrogen) atoms. The molecular weight excluding hydrogens is 436 g/mol. The van der Waals surface area contributed by atoms with E-state index in [2.05, 4.69) is 38.2 Å². The SMILES string of the molecule is CCCC(CCC)C(=O)N1CCC(Oc2cccc(C(=O)NCCC3(C)CC4C=CC3C4)c2)CC1. The summed E-state index contributed by atoms with van der Waals surface area (Å²) >= 11 is 0. The van der Waals surface area contributed by atoms with E-state index in [0.717, 1.165) is 69.7 Å². The van der Waals surface area contributed by atoms with Gasteiger partial charge in [0.2, 0.25) is 5.91 Å². The van der Waals surface area contributed by atoms with Crippen LogP contribution >= 0.6 is 0 Å². The summed E-state index contributed by atoms with van der Waals surface area (Å²) in [5, 5.41) is 3.13. The molecule has 192 valence electrons. The fourth-order valence-corrected chi connectivity index (χ4v) is 6.49. The number of ether oxygens (including phenoxy) is 1. The summed E-state index contributed by atoms with van der Waals surface area (Å²) in [5.74, 6) is 2.61. The van der Waals surface area contributed by atoms with E-state index in [1.807, 2.05) is 29.2 Å². The average Bonchev–Trinajstić information content (AvgIpc) is 3.45. The highest BCUT2D eigenvalue weighted by atomic mass is 16.5. The summed E-state index contributed by atoms with van der Waals surface area (Å²) in [6.07, 6.45) is 14.1. The van der Waals surface area contributed by atoms with E-state index < -0.39 is 0 Å².